The quantitative estimate of drug-likeness (QED) is 0.519. The third-order valence-corrected chi connectivity index (χ3v) is 6.40. The number of likely N-dealkylation sites (N-methyl/N-ethyl adjacent to an activating group) is 1. The van der Waals surface area contributed by atoms with Crippen molar-refractivity contribution in [2.24, 2.45) is 0 Å². The van der Waals surface area contributed by atoms with Crippen molar-refractivity contribution in [1.29, 1.82) is 0 Å². The van der Waals surface area contributed by atoms with E-state index in [1.165, 1.54) is 5.69 Å². The molecule has 3 aromatic rings. The first kappa shape index (κ1) is 22.1. The van der Waals surface area contributed by atoms with Crippen LogP contribution in [0, 0.1) is 0 Å². The zero-order chi connectivity index (χ0) is 22.6. The zero-order valence-corrected chi connectivity index (χ0v) is 19.6. The molecular formula is C25H29ClN4O3. The van der Waals surface area contributed by atoms with Crippen molar-refractivity contribution < 1.29 is 14.0 Å². The second-order valence-corrected chi connectivity index (χ2v) is 9.02. The fourth-order valence-corrected chi connectivity index (χ4v) is 4.47. The van der Waals surface area contributed by atoms with Gasteiger partial charge in [0.15, 0.2) is 17.3 Å². The third kappa shape index (κ3) is 5.43. The Morgan fingerprint density at radius 2 is 1.79 bits per heavy atom. The lowest BCUT2D eigenvalue weighted by atomic mass is 10.1. The van der Waals surface area contributed by atoms with Crippen LogP contribution in [0.2, 0.25) is 5.02 Å². The summed E-state index contributed by atoms with van der Waals surface area (Å²) in [5, 5.41) is 5.05. The van der Waals surface area contributed by atoms with Gasteiger partial charge in [0.2, 0.25) is 0 Å². The maximum absolute atomic E-state index is 6.14. The maximum atomic E-state index is 6.14. The molecule has 2 aliphatic rings. The molecule has 0 aliphatic carbocycles. The van der Waals surface area contributed by atoms with Crippen molar-refractivity contribution >= 4 is 17.3 Å². The number of halogens is 1. The fourth-order valence-electron chi connectivity index (χ4n) is 4.29. The number of aromatic nitrogens is 1. The SMILES string of the molecule is CN(CCN1CCN(c2cccc(Cl)c2)CC1)Cc1cc(-c2ccc3c(c2)OCCO3)no1. The molecule has 1 fully saturated rings. The van der Waals surface area contributed by atoms with Gasteiger partial charge < -0.3 is 18.9 Å². The van der Waals surface area contributed by atoms with Gasteiger partial charge in [0, 0.05) is 61.6 Å². The van der Waals surface area contributed by atoms with Crippen molar-refractivity contribution in [2.45, 2.75) is 6.54 Å². The lowest BCUT2D eigenvalue weighted by molar-refractivity contribution is 0.171. The van der Waals surface area contributed by atoms with Gasteiger partial charge in [-0.05, 0) is 43.4 Å². The van der Waals surface area contributed by atoms with Crippen LogP contribution in [0.5, 0.6) is 11.5 Å². The number of hydrogen-bond donors (Lipinski definition) is 0. The predicted molar refractivity (Wildman–Crippen MR) is 129 cm³/mol. The first-order chi connectivity index (χ1) is 16.1. The summed E-state index contributed by atoms with van der Waals surface area (Å²) >= 11 is 6.14. The minimum absolute atomic E-state index is 0.570. The molecule has 0 radical (unpaired) electrons. The van der Waals surface area contributed by atoms with E-state index < -0.39 is 0 Å². The van der Waals surface area contributed by atoms with Crippen LogP contribution in [0.4, 0.5) is 5.69 Å². The Kier molecular flexibility index (Phi) is 6.71. The van der Waals surface area contributed by atoms with Gasteiger partial charge in [-0.2, -0.15) is 0 Å². The van der Waals surface area contributed by atoms with Crippen molar-refractivity contribution in [1.82, 2.24) is 15.0 Å². The van der Waals surface area contributed by atoms with Crippen molar-refractivity contribution in [3.05, 3.63) is 59.3 Å². The lowest BCUT2D eigenvalue weighted by Gasteiger charge is -2.36. The molecular weight excluding hydrogens is 440 g/mol. The van der Waals surface area contributed by atoms with E-state index in [4.69, 9.17) is 25.6 Å². The smallest absolute Gasteiger partial charge is 0.162 e. The number of nitrogens with zero attached hydrogens (tertiary/aromatic N) is 4. The minimum atomic E-state index is 0.570. The van der Waals surface area contributed by atoms with Gasteiger partial charge in [-0.1, -0.05) is 22.8 Å². The van der Waals surface area contributed by atoms with Gasteiger partial charge in [-0.15, -0.1) is 0 Å². The second kappa shape index (κ2) is 10.0. The highest BCUT2D eigenvalue weighted by Crippen LogP contribution is 2.34. The van der Waals surface area contributed by atoms with Gasteiger partial charge in [0.05, 0.1) is 6.54 Å². The summed E-state index contributed by atoms with van der Waals surface area (Å²) in [6, 6.07) is 16.0. The number of ether oxygens (including phenoxy) is 2. The average Bonchev–Trinajstić information content (AvgIpc) is 3.31. The Morgan fingerprint density at radius 3 is 2.61 bits per heavy atom. The first-order valence-electron chi connectivity index (χ1n) is 11.4. The maximum Gasteiger partial charge on any atom is 0.162 e. The molecule has 7 nitrogen and oxygen atoms in total. The summed E-state index contributed by atoms with van der Waals surface area (Å²) in [6.07, 6.45) is 0. The molecule has 0 unspecified atom stereocenters. The summed E-state index contributed by atoms with van der Waals surface area (Å²) in [6.45, 7) is 8.02. The Bertz CT molecular complexity index is 1080. The van der Waals surface area contributed by atoms with Crippen LogP contribution in [0.3, 0.4) is 0 Å². The van der Waals surface area contributed by atoms with E-state index in [2.05, 4.69) is 33.0 Å². The number of piperazine rings is 1. The molecule has 5 rings (SSSR count). The predicted octanol–water partition coefficient (Wildman–Crippen LogP) is 4.02. The average molecular weight is 469 g/mol. The molecule has 2 aliphatic heterocycles. The molecule has 8 heteroatoms. The van der Waals surface area contributed by atoms with E-state index in [1.807, 2.05) is 42.5 Å². The molecule has 0 amide bonds. The molecule has 1 saturated heterocycles. The topological polar surface area (TPSA) is 54.2 Å². The largest absolute Gasteiger partial charge is 0.486 e. The monoisotopic (exact) mass is 468 g/mol. The molecule has 0 N–H and O–H groups in total. The number of benzene rings is 2. The van der Waals surface area contributed by atoms with Crippen molar-refractivity contribution in [3.8, 4) is 22.8 Å². The normalized spacial score (nSPS) is 16.4. The third-order valence-electron chi connectivity index (χ3n) is 6.17. The van der Waals surface area contributed by atoms with Gasteiger partial charge >= 0.3 is 0 Å². The Balaban J connectivity index is 1.09. The van der Waals surface area contributed by atoms with Crippen LogP contribution in [0.25, 0.3) is 11.3 Å². The van der Waals surface area contributed by atoms with Crippen LogP contribution in [0.15, 0.2) is 53.1 Å². The summed E-state index contributed by atoms with van der Waals surface area (Å²) in [4.78, 5) is 7.19. The van der Waals surface area contributed by atoms with Gasteiger partial charge in [0.1, 0.15) is 18.9 Å². The summed E-state index contributed by atoms with van der Waals surface area (Å²) in [5.74, 6) is 2.39. The van der Waals surface area contributed by atoms with Crippen LogP contribution >= 0.6 is 11.6 Å². The fraction of sp³-hybridized carbons (Fsp3) is 0.400. The van der Waals surface area contributed by atoms with E-state index in [1.54, 1.807) is 0 Å². The molecule has 1 aromatic heterocycles. The van der Waals surface area contributed by atoms with Gasteiger partial charge in [-0.25, -0.2) is 0 Å². The Labute approximate surface area is 199 Å². The number of rotatable bonds is 7. The molecule has 0 atom stereocenters. The Morgan fingerprint density at radius 1 is 0.970 bits per heavy atom. The van der Waals surface area contributed by atoms with Gasteiger partial charge in [0.25, 0.3) is 0 Å². The van der Waals surface area contributed by atoms with Crippen LogP contribution < -0.4 is 14.4 Å². The molecule has 3 heterocycles. The van der Waals surface area contributed by atoms with E-state index in [-0.39, 0.29) is 0 Å². The van der Waals surface area contributed by atoms with Crippen molar-refractivity contribution in [2.75, 3.05) is 64.4 Å². The minimum Gasteiger partial charge on any atom is -0.486 e. The highest BCUT2D eigenvalue weighted by Gasteiger charge is 2.18. The van der Waals surface area contributed by atoms with E-state index >= 15 is 0 Å². The molecule has 0 spiro atoms. The number of hydrogen-bond acceptors (Lipinski definition) is 7. The van der Waals surface area contributed by atoms with Crippen LogP contribution in [-0.2, 0) is 6.54 Å². The summed E-state index contributed by atoms with van der Waals surface area (Å²) in [7, 11) is 2.12. The second-order valence-electron chi connectivity index (χ2n) is 8.58. The number of fused-ring (bicyclic) bond motifs is 1. The number of anilines is 1. The standard InChI is InChI=1S/C25H29ClN4O3/c1-28(7-8-29-9-11-30(12-10-29)21-4-2-3-20(26)16-21)18-22-17-23(27-33-22)19-5-6-24-25(15-19)32-14-13-31-24/h2-6,15-17H,7-14,18H2,1H3. The van der Waals surface area contributed by atoms with Gasteiger partial charge in [-0.3, -0.25) is 9.80 Å². The Hall–Kier alpha value is -2.74. The van der Waals surface area contributed by atoms with Crippen LogP contribution in [0.1, 0.15) is 5.76 Å². The zero-order valence-electron chi connectivity index (χ0n) is 18.9. The highest BCUT2D eigenvalue weighted by molar-refractivity contribution is 6.30. The molecule has 0 bridgehead atoms. The van der Waals surface area contributed by atoms with E-state index in [0.717, 1.165) is 79.4 Å². The molecule has 2 aromatic carbocycles. The summed E-state index contributed by atoms with van der Waals surface area (Å²) in [5.41, 5.74) is 2.99. The molecule has 174 valence electrons. The molecule has 33 heavy (non-hydrogen) atoms. The first-order valence-corrected chi connectivity index (χ1v) is 11.8. The summed E-state index contributed by atoms with van der Waals surface area (Å²) < 4.78 is 16.9. The lowest BCUT2D eigenvalue weighted by Crippen LogP contribution is -2.48. The molecule has 0 saturated carbocycles. The highest BCUT2D eigenvalue weighted by atomic mass is 35.5. The van der Waals surface area contributed by atoms with Crippen molar-refractivity contribution in [3.63, 3.8) is 0 Å². The van der Waals surface area contributed by atoms with E-state index in [0.29, 0.717) is 13.2 Å². The van der Waals surface area contributed by atoms with E-state index in [9.17, 15) is 0 Å². The van der Waals surface area contributed by atoms with Crippen LogP contribution in [-0.4, -0.2) is 74.5 Å².